The van der Waals surface area contributed by atoms with E-state index in [0.717, 1.165) is 24.7 Å². The SMILES string of the molecule is CC1CCN(C(C)C(=O)Nc2ccc(Cl)cc2)CC1. The molecule has 104 valence electrons. The van der Waals surface area contributed by atoms with Gasteiger partial charge in [-0.25, -0.2) is 0 Å². The molecule has 1 atom stereocenters. The van der Waals surface area contributed by atoms with E-state index in [4.69, 9.17) is 11.6 Å². The Morgan fingerprint density at radius 1 is 1.32 bits per heavy atom. The van der Waals surface area contributed by atoms with Crippen molar-refractivity contribution in [1.29, 1.82) is 0 Å². The van der Waals surface area contributed by atoms with Gasteiger partial charge in [-0.3, -0.25) is 9.69 Å². The molecule has 4 heteroatoms. The Morgan fingerprint density at radius 2 is 1.89 bits per heavy atom. The molecule has 1 heterocycles. The van der Waals surface area contributed by atoms with E-state index in [1.165, 1.54) is 12.8 Å². The summed E-state index contributed by atoms with van der Waals surface area (Å²) in [6.45, 7) is 6.27. The summed E-state index contributed by atoms with van der Waals surface area (Å²) >= 11 is 5.83. The summed E-state index contributed by atoms with van der Waals surface area (Å²) in [6, 6.07) is 7.13. The molecule has 1 aliphatic heterocycles. The van der Waals surface area contributed by atoms with Crippen LogP contribution in [-0.2, 0) is 4.79 Å². The Hall–Kier alpha value is -1.06. The molecule has 0 spiro atoms. The molecular formula is C15H21ClN2O. The van der Waals surface area contributed by atoms with Gasteiger partial charge in [0.1, 0.15) is 0 Å². The number of nitrogens with one attached hydrogen (secondary N) is 1. The third kappa shape index (κ3) is 3.95. The largest absolute Gasteiger partial charge is 0.325 e. The van der Waals surface area contributed by atoms with Crippen LogP contribution in [-0.4, -0.2) is 29.9 Å². The van der Waals surface area contributed by atoms with Crippen LogP contribution >= 0.6 is 11.6 Å². The molecule has 1 N–H and O–H groups in total. The van der Waals surface area contributed by atoms with Crippen LogP contribution in [0.1, 0.15) is 26.7 Å². The number of hydrogen-bond donors (Lipinski definition) is 1. The smallest absolute Gasteiger partial charge is 0.241 e. The van der Waals surface area contributed by atoms with Crippen LogP contribution in [0.5, 0.6) is 0 Å². The molecule has 1 unspecified atom stereocenters. The van der Waals surface area contributed by atoms with Gasteiger partial charge in [-0.15, -0.1) is 0 Å². The van der Waals surface area contributed by atoms with Crippen molar-refractivity contribution in [3.8, 4) is 0 Å². The number of anilines is 1. The van der Waals surface area contributed by atoms with Crippen molar-refractivity contribution in [2.75, 3.05) is 18.4 Å². The molecule has 0 aromatic heterocycles. The number of piperidine rings is 1. The van der Waals surface area contributed by atoms with Gasteiger partial charge in [-0.05, 0) is 63.0 Å². The molecule has 0 bridgehead atoms. The van der Waals surface area contributed by atoms with Crippen molar-refractivity contribution in [2.24, 2.45) is 5.92 Å². The lowest BCUT2D eigenvalue weighted by Gasteiger charge is -2.34. The molecule has 1 fully saturated rings. The monoisotopic (exact) mass is 280 g/mol. The zero-order valence-corrected chi connectivity index (χ0v) is 12.3. The summed E-state index contributed by atoms with van der Waals surface area (Å²) in [4.78, 5) is 14.4. The number of carbonyl (C=O) groups is 1. The van der Waals surface area contributed by atoms with Gasteiger partial charge < -0.3 is 5.32 Å². The molecule has 1 aromatic rings. The average molecular weight is 281 g/mol. The second kappa shape index (κ2) is 6.40. The average Bonchev–Trinajstić information content (AvgIpc) is 2.41. The molecule has 0 aliphatic carbocycles. The van der Waals surface area contributed by atoms with Crippen molar-refractivity contribution in [2.45, 2.75) is 32.7 Å². The first-order valence-electron chi connectivity index (χ1n) is 6.87. The van der Waals surface area contributed by atoms with E-state index in [-0.39, 0.29) is 11.9 Å². The van der Waals surface area contributed by atoms with E-state index < -0.39 is 0 Å². The predicted molar refractivity (Wildman–Crippen MR) is 79.5 cm³/mol. The summed E-state index contributed by atoms with van der Waals surface area (Å²) in [5, 5.41) is 3.62. The summed E-state index contributed by atoms with van der Waals surface area (Å²) in [5.74, 6) is 0.833. The summed E-state index contributed by atoms with van der Waals surface area (Å²) in [6.07, 6.45) is 2.36. The maximum Gasteiger partial charge on any atom is 0.241 e. The lowest BCUT2D eigenvalue weighted by atomic mass is 9.98. The van der Waals surface area contributed by atoms with Gasteiger partial charge in [0, 0.05) is 10.7 Å². The number of amides is 1. The Labute approximate surface area is 119 Å². The van der Waals surface area contributed by atoms with E-state index in [0.29, 0.717) is 5.02 Å². The third-order valence-electron chi connectivity index (χ3n) is 3.86. The minimum atomic E-state index is -0.0804. The third-order valence-corrected chi connectivity index (χ3v) is 4.11. The predicted octanol–water partition coefficient (Wildman–Crippen LogP) is 3.40. The first kappa shape index (κ1) is 14.4. The number of nitrogens with zero attached hydrogens (tertiary/aromatic N) is 1. The van der Waals surface area contributed by atoms with Crippen LogP contribution in [0.4, 0.5) is 5.69 Å². The number of benzene rings is 1. The van der Waals surface area contributed by atoms with E-state index in [1.54, 1.807) is 12.1 Å². The van der Waals surface area contributed by atoms with Crippen LogP contribution in [0.15, 0.2) is 24.3 Å². The number of carbonyl (C=O) groups excluding carboxylic acids is 1. The van der Waals surface area contributed by atoms with Gasteiger partial charge in [0.05, 0.1) is 6.04 Å². The van der Waals surface area contributed by atoms with E-state index >= 15 is 0 Å². The first-order valence-corrected chi connectivity index (χ1v) is 7.24. The van der Waals surface area contributed by atoms with Crippen molar-refractivity contribution < 1.29 is 4.79 Å². The first-order chi connectivity index (χ1) is 9.06. The van der Waals surface area contributed by atoms with Crippen LogP contribution in [0.2, 0.25) is 5.02 Å². The van der Waals surface area contributed by atoms with Gasteiger partial charge in [-0.2, -0.15) is 0 Å². The van der Waals surface area contributed by atoms with Gasteiger partial charge in [0.2, 0.25) is 5.91 Å². The second-order valence-corrected chi connectivity index (χ2v) is 5.83. The summed E-state index contributed by atoms with van der Waals surface area (Å²) in [7, 11) is 0. The standard InChI is InChI=1S/C15H21ClN2O/c1-11-7-9-18(10-8-11)12(2)15(19)17-14-5-3-13(16)4-6-14/h3-6,11-12H,7-10H2,1-2H3,(H,17,19). The van der Waals surface area contributed by atoms with Crippen LogP contribution < -0.4 is 5.32 Å². The fourth-order valence-electron chi connectivity index (χ4n) is 2.36. The maximum absolute atomic E-state index is 12.2. The maximum atomic E-state index is 12.2. The minimum absolute atomic E-state index is 0.0527. The fraction of sp³-hybridized carbons (Fsp3) is 0.533. The van der Waals surface area contributed by atoms with Gasteiger partial charge in [0.25, 0.3) is 0 Å². The second-order valence-electron chi connectivity index (χ2n) is 5.39. The van der Waals surface area contributed by atoms with Crippen molar-refractivity contribution in [3.63, 3.8) is 0 Å². The van der Waals surface area contributed by atoms with Crippen LogP contribution in [0, 0.1) is 5.92 Å². The number of likely N-dealkylation sites (tertiary alicyclic amines) is 1. The van der Waals surface area contributed by atoms with E-state index in [2.05, 4.69) is 17.1 Å². The van der Waals surface area contributed by atoms with Crippen molar-refractivity contribution in [1.82, 2.24) is 4.90 Å². The van der Waals surface area contributed by atoms with Crippen molar-refractivity contribution in [3.05, 3.63) is 29.3 Å². The molecule has 3 nitrogen and oxygen atoms in total. The Balaban J connectivity index is 1.90. The zero-order chi connectivity index (χ0) is 13.8. The molecule has 19 heavy (non-hydrogen) atoms. The normalized spacial score (nSPS) is 19.1. The van der Waals surface area contributed by atoms with Crippen LogP contribution in [0.25, 0.3) is 0 Å². The van der Waals surface area contributed by atoms with Gasteiger partial charge in [-0.1, -0.05) is 18.5 Å². The zero-order valence-electron chi connectivity index (χ0n) is 11.5. The van der Waals surface area contributed by atoms with Gasteiger partial charge >= 0.3 is 0 Å². The Kier molecular flexibility index (Phi) is 4.83. The fourth-order valence-corrected chi connectivity index (χ4v) is 2.49. The molecule has 1 aromatic carbocycles. The number of halogens is 1. The van der Waals surface area contributed by atoms with E-state index in [1.807, 2.05) is 19.1 Å². The number of hydrogen-bond acceptors (Lipinski definition) is 2. The minimum Gasteiger partial charge on any atom is -0.325 e. The lowest BCUT2D eigenvalue weighted by Crippen LogP contribution is -2.45. The highest BCUT2D eigenvalue weighted by atomic mass is 35.5. The Bertz CT molecular complexity index is 424. The highest BCUT2D eigenvalue weighted by Crippen LogP contribution is 2.19. The highest BCUT2D eigenvalue weighted by molar-refractivity contribution is 6.30. The number of rotatable bonds is 3. The molecule has 0 saturated carbocycles. The summed E-state index contributed by atoms with van der Waals surface area (Å²) < 4.78 is 0. The molecule has 0 radical (unpaired) electrons. The lowest BCUT2D eigenvalue weighted by molar-refractivity contribution is -0.121. The highest BCUT2D eigenvalue weighted by Gasteiger charge is 2.24. The summed E-state index contributed by atoms with van der Waals surface area (Å²) in [5.41, 5.74) is 0.798. The van der Waals surface area contributed by atoms with Gasteiger partial charge in [0.15, 0.2) is 0 Å². The van der Waals surface area contributed by atoms with E-state index in [9.17, 15) is 4.79 Å². The molecule has 2 rings (SSSR count). The van der Waals surface area contributed by atoms with Crippen LogP contribution in [0.3, 0.4) is 0 Å². The molecular weight excluding hydrogens is 260 g/mol. The molecule has 1 amide bonds. The Morgan fingerprint density at radius 3 is 2.47 bits per heavy atom. The topological polar surface area (TPSA) is 32.3 Å². The van der Waals surface area contributed by atoms with Crippen molar-refractivity contribution >= 4 is 23.2 Å². The molecule has 1 saturated heterocycles. The molecule has 1 aliphatic rings. The quantitative estimate of drug-likeness (QED) is 0.920.